The molecule has 27 heavy (non-hydrogen) atoms. The zero-order valence-corrected chi connectivity index (χ0v) is 17.0. The minimum absolute atomic E-state index is 0.0849. The molecule has 1 aromatic rings. The first kappa shape index (κ1) is 20.7. The van der Waals surface area contributed by atoms with Crippen molar-refractivity contribution in [3.8, 4) is 0 Å². The van der Waals surface area contributed by atoms with Gasteiger partial charge in [-0.15, -0.1) is 0 Å². The maximum atomic E-state index is 13.3. The number of halogens is 1. The van der Waals surface area contributed by atoms with E-state index in [-0.39, 0.29) is 36.3 Å². The van der Waals surface area contributed by atoms with Gasteiger partial charge >= 0.3 is 0 Å². The highest BCUT2D eigenvalue weighted by atomic mass is 32.2. The highest BCUT2D eigenvalue weighted by Gasteiger charge is 2.37. The third-order valence-electron chi connectivity index (χ3n) is 5.34. The second-order valence-electron chi connectivity index (χ2n) is 7.33. The summed E-state index contributed by atoms with van der Waals surface area (Å²) in [6, 6.07) is 5.86. The molecule has 0 radical (unpaired) electrons. The van der Waals surface area contributed by atoms with E-state index in [1.807, 2.05) is 7.05 Å². The monoisotopic (exact) mass is 419 g/mol. The van der Waals surface area contributed by atoms with Crippen LogP contribution < -0.4 is 4.72 Å². The van der Waals surface area contributed by atoms with Crippen LogP contribution in [0.4, 0.5) is 4.39 Å². The lowest BCUT2D eigenvalue weighted by Gasteiger charge is -2.38. The molecular formula is C17H26FN3O4S2. The fourth-order valence-corrected chi connectivity index (χ4v) is 7.68. The number of benzene rings is 1. The van der Waals surface area contributed by atoms with Crippen LogP contribution in [0.3, 0.4) is 0 Å². The quantitative estimate of drug-likeness (QED) is 0.710. The van der Waals surface area contributed by atoms with E-state index in [0.29, 0.717) is 0 Å². The number of rotatable bonds is 6. The number of nitrogens with zero attached hydrogens (tertiary/aromatic N) is 2. The van der Waals surface area contributed by atoms with Crippen molar-refractivity contribution < 1.29 is 21.2 Å². The van der Waals surface area contributed by atoms with Gasteiger partial charge in [0.15, 0.2) is 9.84 Å². The molecule has 0 unspecified atom stereocenters. The molecule has 1 N–H and O–H groups in total. The third-order valence-corrected chi connectivity index (χ3v) is 9.17. The minimum atomic E-state index is -3.73. The molecule has 0 aromatic heterocycles. The van der Waals surface area contributed by atoms with Crippen LogP contribution in [0.2, 0.25) is 0 Å². The molecule has 0 amide bonds. The molecule has 10 heteroatoms. The molecule has 2 fully saturated rings. The number of likely N-dealkylation sites (N-methyl/N-ethyl adjacent to an activating group) is 1. The van der Waals surface area contributed by atoms with Crippen molar-refractivity contribution in [2.24, 2.45) is 0 Å². The molecule has 2 aliphatic rings. The molecular weight excluding hydrogens is 393 g/mol. The van der Waals surface area contributed by atoms with Gasteiger partial charge in [0.2, 0.25) is 10.0 Å². The Labute approximate surface area is 160 Å². The van der Waals surface area contributed by atoms with Crippen LogP contribution in [-0.4, -0.2) is 83.2 Å². The predicted octanol–water partition coefficient (Wildman–Crippen LogP) is 0.221. The summed E-state index contributed by atoms with van der Waals surface area (Å²) < 4.78 is 64.3. The second-order valence-corrected chi connectivity index (χ2v) is 11.6. The van der Waals surface area contributed by atoms with Crippen molar-refractivity contribution in [1.29, 1.82) is 0 Å². The Morgan fingerprint density at radius 2 is 1.81 bits per heavy atom. The molecule has 152 valence electrons. The maximum absolute atomic E-state index is 13.3. The second kappa shape index (κ2) is 8.12. The summed E-state index contributed by atoms with van der Waals surface area (Å²) in [7, 11) is -4.97. The molecule has 0 aliphatic carbocycles. The molecule has 2 atom stereocenters. The summed E-state index contributed by atoms with van der Waals surface area (Å²) in [4.78, 5) is 4.38. The summed E-state index contributed by atoms with van der Waals surface area (Å²) >= 11 is 0. The number of hydrogen-bond donors (Lipinski definition) is 1. The molecule has 3 rings (SSSR count). The topological polar surface area (TPSA) is 86.8 Å². The Morgan fingerprint density at radius 1 is 1.19 bits per heavy atom. The Balaban J connectivity index is 1.74. The van der Waals surface area contributed by atoms with Gasteiger partial charge in [0, 0.05) is 38.8 Å². The van der Waals surface area contributed by atoms with E-state index in [4.69, 9.17) is 0 Å². The average molecular weight is 420 g/mol. The third kappa shape index (κ3) is 5.26. The van der Waals surface area contributed by atoms with E-state index in [1.165, 1.54) is 12.1 Å². The number of piperazine rings is 1. The number of nitrogens with one attached hydrogen (secondary N) is 1. The zero-order valence-electron chi connectivity index (χ0n) is 15.3. The number of sulfonamides is 1. The summed E-state index contributed by atoms with van der Waals surface area (Å²) in [5.74, 6) is -0.746. The summed E-state index contributed by atoms with van der Waals surface area (Å²) in [6.45, 7) is 3.42. The Kier molecular flexibility index (Phi) is 6.21. The van der Waals surface area contributed by atoms with Crippen LogP contribution in [0, 0.1) is 5.82 Å². The van der Waals surface area contributed by atoms with E-state index < -0.39 is 25.1 Å². The van der Waals surface area contributed by atoms with Crippen molar-refractivity contribution in [1.82, 2.24) is 14.5 Å². The van der Waals surface area contributed by atoms with Gasteiger partial charge in [0.1, 0.15) is 5.82 Å². The average Bonchev–Trinajstić information content (AvgIpc) is 2.99. The Morgan fingerprint density at radius 3 is 2.37 bits per heavy atom. The predicted molar refractivity (Wildman–Crippen MR) is 102 cm³/mol. The standard InChI is InChI=1S/C17H26FN3O4S2/c1-20-7-9-21(10-8-20)17(14-2-4-15(18)5-3-14)12-19-27(24,25)16-6-11-26(22,23)13-16/h2-5,16-17,19H,6-13H2,1H3/t16-,17+/m1/s1. The fraction of sp³-hybridized carbons (Fsp3) is 0.647. The molecule has 2 saturated heterocycles. The minimum Gasteiger partial charge on any atom is -0.304 e. The van der Waals surface area contributed by atoms with Gasteiger partial charge in [-0.25, -0.2) is 25.9 Å². The molecule has 2 aliphatic heterocycles. The van der Waals surface area contributed by atoms with Crippen LogP contribution in [0.5, 0.6) is 0 Å². The van der Waals surface area contributed by atoms with E-state index >= 15 is 0 Å². The molecule has 1 aromatic carbocycles. The van der Waals surface area contributed by atoms with Crippen LogP contribution in [0.15, 0.2) is 24.3 Å². The fourth-order valence-electron chi connectivity index (χ4n) is 3.59. The normalized spacial score (nSPS) is 25.5. The Bertz CT molecular complexity index is 851. The van der Waals surface area contributed by atoms with Gasteiger partial charge in [0.05, 0.1) is 16.8 Å². The van der Waals surface area contributed by atoms with Crippen molar-refractivity contribution in [2.45, 2.75) is 17.7 Å². The molecule has 2 heterocycles. The SMILES string of the molecule is CN1CCN([C@@H](CNS(=O)(=O)[C@@H]2CCS(=O)(=O)C2)c2ccc(F)cc2)CC1. The molecule has 0 spiro atoms. The first-order chi connectivity index (χ1) is 12.7. The number of hydrogen-bond acceptors (Lipinski definition) is 6. The smallest absolute Gasteiger partial charge is 0.215 e. The Hall–Kier alpha value is -1.07. The lowest BCUT2D eigenvalue weighted by molar-refractivity contribution is 0.113. The lowest BCUT2D eigenvalue weighted by atomic mass is 10.0. The van der Waals surface area contributed by atoms with Gasteiger partial charge in [0.25, 0.3) is 0 Å². The summed E-state index contributed by atoms with van der Waals surface area (Å²) in [5.41, 5.74) is 0.836. The maximum Gasteiger partial charge on any atom is 0.215 e. The summed E-state index contributed by atoms with van der Waals surface area (Å²) in [6.07, 6.45) is 0.132. The van der Waals surface area contributed by atoms with Gasteiger partial charge in [-0.3, -0.25) is 4.90 Å². The van der Waals surface area contributed by atoms with Gasteiger partial charge in [-0.2, -0.15) is 0 Å². The van der Waals surface area contributed by atoms with Gasteiger partial charge < -0.3 is 4.90 Å². The van der Waals surface area contributed by atoms with Gasteiger partial charge in [-0.1, -0.05) is 12.1 Å². The van der Waals surface area contributed by atoms with Crippen LogP contribution in [0.25, 0.3) is 0 Å². The van der Waals surface area contributed by atoms with Crippen molar-refractivity contribution in [2.75, 3.05) is 51.3 Å². The lowest BCUT2D eigenvalue weighted by Crippen LogP contribution is -2.49. The van der Waals surface area contributed by atoms with Crippen LogP contribution in [0.1, 0.15) is 18.0 Å². The van der Waals surface area contributed by atoms with Crippen molar-refractivity contribution in [3.05, 3.63) is 35.6 Å². The largest absolute Gasteiger partial charge is 0.304 e. The van der Waals surface area contributed by atoms with E-state index in [2.05, 4.69) is 14.5 Å². The molecule has 0 saturated carbocycles. The van der Waals surface area contributed by atoms with Crippen LogP contribution >= 0.6 is 0 Å². The first-order valence-electron chi connectivity index (χ1n) is 9.03. The van der Waals surface area contributed by atoms with E-state index in [1.54, 1.807) is 12.1 Å². The highest BCUT2D eigenvalue weighted by Crippen LogP contribution is 2.24. The van der Waals surface area contributed by atoms with E-state index in [0.717, 1.165) is 31.7 Å². The van der Waals surface area contributed by atoms with Crippen molar-refractivity contribution in [3.63, 3.8) is 0 Å². The first-order valence-corrected chi connectivity index (χ1v) is 12.4. The highest BCUT2D eigenvalue weighted by molar-refractivity contribution is 7.95. The van der Waals surface area contributed by atoms with Crippen LogP contribution in [-0.2, 0) is 19.9 Å². The van der Waals surface area contributed by atoms with E-state index in [9.17, 15) is 21.2 Å². The van der Waals surface area contributed by atoms with Gasteiger partial charge in [-0.05, 0) is 31.2 Å². The summed E-state index contributed by atoms with van der Waals surface area (Å²) in [5, 5.41) is -0.899. The molecule has 7 nitrogen and oxygen atoms in total. The molecule has 0 bridgehead atoms. The van der Waals surface area contributed by atoms with Crippen molar-refractivity contribution >= 4 is 19.9 Å². The number of sulfone groups is 1. The zero-order chi connectivity index (χ0) is 19.7.